The maximum Gasteiger partial charge on any atom is 0.414 e. The largest absolute Gasteiger partial charge is 0.508 e. The maximum atomic E-state index is 12.2. The number of aromatic hydroxyl groups is 1. The Kier molecular flexibility index (Phi) is 3.31. The van der Waals surface area contributed by atoms with Gasteiger partial charge in [-0.25, -0.2) is 4.79 Å². The molecule has 1 N–H and O–H groups in total. The van der Waals surface area contributed by atoms with Gasteiger partial charge in [-0.3, -0.25) is 4.90 Å². The van der Waals surface area contributed by atoms with Gasteiger partial charge in [0.05, 0.1) is 5.69 Å². The van der Waals surface area contributed by atoms with E-state index in [1.165, 1.54) is 0 Å². The third kappa shape index (κ3) is 2.52. The minimum atomic E-state index is -0.292. The molecule has 0 aliphatic carbocycles. The Hall–Kier alpha value is -1.36. The fourth-order valence-corrected chi connectivity index (χ4v) is 3.91. The van der Waals surface area contributed by atoms with Crippen LogP contribution < -0.4 is 4.90 Å². The molecule has 2 aliphatic heterocycles. The molecule has 1 atom stereocenters. The molecule has 1 unspecified atom stereocenters. The van der Waals surface area contributed by atoms with Crippen LogP contribution in [0.2, 0.25) is 0 Å². The zero-order chi connectivity index (χ0) is 13.3. The van der Waals surface area contributed by atoms with Crippen molar-refractivity contribution in [2.24, 2.45) is 0 Å². The molecule has 1 amide bonds. The molecule has 0 saturated carbocycles. The van der Waals surface area contributed by atoms with Gasteiger partial charge in [0.2, 0.25) is 0 Å². The summed E-state index contributed by atoms with van der Waals surface area (Å²) in [6.07, 6.45) is 2.66. The molecule has 2 saturated heterocycles. The van der Waals surface area contributed by atoms with Gasteiger partial charge in [-0.15, -0.1) is 0 Å². The Labute approximate surface area is 116 Å². The highest BCUT2D eigenvalue weighted by atomic mass is 32.2. The molecule has 4 nitrogen and oxygen atoms in total. The molecule has 1 spiro atoms. The second-order valence-electron chi connectivity index (χ2n) is 5.13. The van der Waals surface area contributed by atoms with E-state index in [4.69, 9.17) is 4.74 Å². The molecule has 19 heavy (non-hydrogen) atoms. The first kappa shape index (κ1) is 12.7. The van der Waals surface area contributed by atoms with Crippen LogP contribution in [-0.2, 0) is 4.74 Å². The lowest BCUT2D eigenvalue weighted by Crippen LogP contribution is -2.52. The molecule has 2 aliphatic rings. The van der Waals surface area contributed by atoms with E-state index in [-0.39, 0.29) is 17.4 Å². The summed E-state index contributed by atoms with van der Waals surface area (Å²) < 4.78 is 5.71. The number of thioether (sulfide) groups is 1. The van der Waals surface area contributed by atoms with E-state index < -0.39 is 0 Å². The van der Waals surface area contributed by atoms with E-state index in [9.17, 15) is 9.90 Å². The Morgan fingerprint density at radius 2 is 2.26 bits per heavy atom. The quantitative estimate of drug-likeness (QED) is 0.858. The molecule has 0 bridgehead atoms. The van der Waals surface area contributed by atoms with Crippen LogP contribution >= 0.6 is 11.8 Å². The first-order chi connectivity index (χ1) is 9.19. The van der Waals surface area contributed by atoms with Crippen molar-refractivity contribution in [1.29, 1.82) is 0 Å². The van der Waals surface area contributed by atoms with Crippen LogP contribution in [0.4, 0.5) is 10.5 Å². The molecule has 0 radical (unpaired) electrons. The van der Waals surface area contributed by atoms with Crippen molar-refractivity contribution in [2.75, 3.05) is 23.0 Å². The lowest BCUT2D eigenvalue weighted by molar-refractivity contribution is 0.00465. The second kappa shape index (κ2) is 4.96. The summed E-state index contributed by atoms with van der Waals surface area (Å²) in [7, 11) is 0. The predicted molar refractivity (Wildman–Crippen MR) is 75.8 cm³/mol. The second-order valence-corrected chi connectivity index (χ2v) is 6.23. The van der Waals surface area contributed by atoms with Crippen molar-refractivity contribution in [3.63, 3.8) is 0 Å². The molecular formula is C14H17NO3S. The number of phenols is 1. The van der Waals surface area contributed by atoms with E-state index in [0.717, 1.165) is 30.8 Å². The summed E-state index contributed by atoms with van der Waals surface area (Å²) in [4.78, 5) is 13.8. The first-order valence-electron chi connectivity index (χ1n) is 6.56. The molecule has 2 fully saturated rings. The monoisotopic (exact) mass is 279 g/mol. The Bertz CT molecular complexity index is 485. The lowest BCUT2D eigenvalue weighted by Gasteiger charge is -2.42. The summed E-state index contributed by atoms with van der Waals surface area (Å²) in [6, 6.07) is 6.74. The summed E-state index contributed by atoms with van der Waals surface area (Å²) in [5.41, 5.74) is 0.441. The molecule has 2 heterocycles. The normalized spacial score (nSPS) is 27.4. The van der Waals surface area contributed by atoms with Crippen molar-refractivity contribution in [3.05, 3.63) is 24.3 Å². The van der Waals surface area contributed by atoms with Crippen molar-refractivity contribution in [3.8, 4) is 5.75 Å². The number of hydrogen-bond acceptors (Lipinski definition) is 4. The number of hydrogen-bond donors (Lipinski definition) is 1. The van der Waals surface area contributed by atoms with Crippen molar-refractivity contribution < 1.29 is 14.6 Å². The summed E-state index contributed by atoms with van der Waals surface area (Å²) >= 11 is 1.87. The maximum absolute atomic E-state index is 12.2. The van der Waals surface area contributed by atoms with Crippen molar-refractivity contribution in [1.82, 2.24) is 0 Å². The number of rotatable bonds is 1. The number of amides is 1. The van der Waals surface area contributed by atoms with E-state index >= 15 is 0 Å². The van der Waals surface area contributed by atoms with Gasteiger partial charge in [0.1, 0.15) is 11.4 Å². The number of carbonyl (C=O) groups is 1. The van der Waals surface area contributed by atoms with Gasteiger partial charge in [-0.1, -0.05) is 6.07 Å². The molecule has 0 aromatic heterocycles. The molecule has 1 aromatic carbocycles. The third-order valence-electron chi connectivity index (χ3n) is 3.74. The van der Waals surface area contributed by atoms with E-state index in [2.05, 4.69) is 0 Å². The molecule has 5 heteroatoms. The van der Waals surface area contributed by atoms with Crippen molar-refractivity contribution >= 4 is 23.5 Å². The van der Waals surface area contributed by atoms with Crippen LogP contribution in [0, 0.1) is 0 Å². The van der Waals surface area contributed by atoms with E-state index in [1.807, 2.05) is 17.8 Å². The fourth-order valence-electron chi connectivity index (χ4n) is 2.70. The van der Waals surface area contributed by atoms with Gasteiger partial charge in [0, 0.05) is 24.8 Å². The van der Waals surface area contributed by atoms with Crippen LogP contribution in [0.1, 0.15) is 19.3 Å². The van der Waals surface area contributed by atoms with Gasteiger partial charge in [-0.2, -0.15) is 11.8 Å². The molecule has 102 valence electrons. The third-order valence-corrected chi connectivity index (χ3v) is 5.05. The van der Waals surface area contributed by atoms with Gasteiger partial charge in [-0.05, 0) is 30.7 Å². The molecular weight excluding hydrogens is 262 g/mol. The van der Waals surface area contributed by atoms with E-state index in [1.54, 1.807) is 23.1 Å². The van der Waals surface area contributed by atoms with Crippen LogP contribution in [-0.4, -0.2) is 34.9 Å². The number of ether oxygens (including phenoxy) is 1. The van der Waals surface area contributed by atoms with Gasteiger partial charge in [0.25, 0.3) is 0 Å². The van der Waals surface area contributed by atoms with Gasteiger partial charge >= 0.3 is 6.09 Å². The average molecular weight is 279 g/mol. The number of carbonyl (C=O) groups excluding carboxylic acids is 1. The molecule has 3 rings (SSSR count). The average Bonchev–Trinajstić information content (AvgIpc) is 2.39. The zero-order valence-electron chi connectivity index (χ0n) is 10.7. The first-order valence-corrected chi connectivity index (χ1v) is 7.71. The van der Waals surface area contributed by atoms with Crippen LogP contribution in [0.15, 0.2) is 24.3 Å². The van der Waals surface area contributed by atoms with Crippen LogP contribution in [0.25, 0.3) is 0 Å². The number of phenolic OH excluding ortho intramolecular Hbond substituents is 1. The highest BCUT2D eigenvalue weighted by Crippen LogP contribution is 2.37. The van der Waals surface area contributed by atoms with Crippen LogP contribution in [0.3, 0.4) is 0 Å². The smallest absolute Gasteiger partial charge is 0.414 e. The standard InChI is InChI=1S/C14H17NO3S/c16-12-4-1-3-11(9-12)15-7-6-14(18-13(15)17)5-2-8-19-10-14/h1,3-4,9,16H,2,5-8,10H2. The molecule has 1 aromatic rings. The Morgan fingerprint density at radius 3 is 2.95 bits per heavy atom. The summed E-state index contributed by atoms with van der Waals surface area (Å²) in [5.74, 6) is 2.24. The van der Waals surface area contributed by atoms with Gasteiger partial charge < -0.3 is 9.84 Å². The summed E-state index contributed by atoms with van der Waals surface area (Å²) in [6.45, 7) is 0.656. The predicted octanol–water partition coefficient (Wildman–Crippen LogP) is 3.00. The topological polar surface area (TPSA) is 49.8 Å². The van der Waals surface area contributed by atoms with E-state index in [0.29, 0.717) is 12.2 Å². The highest BCUT2D eigenvalue weighted by Gasteiger charge is 2.42. The highest BCUT2D eigenvalue weighted by molar-refractivity contribution is 7.99. The van der Waals surface area contributed by atoms with Crippen LogP contribution in [0.5, 0.6) is 5.75 Å². The van der Waals surface area contributed by atoms with Crippen molar-refractivity contribution in [2.45, 2.75) is 24.9 Å². The number of benzene rings is 1. The zero-order valence-corrected chi connectivity index (χ0v) is 11.5. The fraction of sp³-hybridized carbons (Fsp3) is 0.500. The minimum absolute atomic E-state index is 0.166. The SMILES string of the molecule is O=C1OC2(CCCSC2)CCN1c1cccc(O)c1. The number of nitrogens with zero attached hydrogens (tertiary/aromatic N) is 1. The van der Waals surface area contributed by atoms with Gasteiger partial charge in [0.15, 0.2) is 0 Å². The summed E-state index contributed by atoms with van der Waals surface area (Å²) in [5, 5.41) is 9.49. The lowest BCUT2D eigenvalue weighted by atomic mass is 9.94. The number of anilines is 1. The minimum Gasteiger partial charge on any atom is -0.508 e. The Morgan fingerprint density at radius 1 is 1.37 bits per heavy atom. The Balaban J connectivity index is 1.76.